The van der Waals surface area contributed by atoms with Gasteiger partial charge in [0, 0.05) is 11.8 Å². The molecule has 1 amide bonds. The molecule has 0 saturated heterocycles. The molecule has 0 aliphatic heterocycles. The summed E-state index contributed by atoms with van der Waals surface area (Å²) in [6, 6.07) is 0.998. The minimum Gasteiger partial charge on any atom is -0.462 e. The molecule has 2 aromatic carbocycles. The van der Waals surface area contributed by atoms with Crippen LogP contribution in [0.1, 0.15) is 38.8 Å². The van der Waals surface area contributed by atoms with Crippen LogP contribution in [-0.4, -0.2) is 45.5 Å². The van der Waals surface area contributed by atoms with E-state index in [1.165, 1.54) is 6.92 Å². The number of nitrogens with one attached hydrogen (secondary N) is 1. The van der Waals surface area contributed by atoms with Gasteiger partial charge in [-0.15, -0.1) is 0 Å². The number of carbonyl (C=O) groups excluding carboxylic acids is 2. The second-order valence-electron chi connectivity index (χ2n) is 7.57. The average molecular weight is 583 g/mol. The Morgan fingerprint density at radius 2 is 1.34 bits per heavy atom. The van der Waals surface area contributed by atoms with E-state index in [1.807, 2.05) is 5.32 Å². The Morgan fingerprint density at radius 1 is 0.816 bits per heavy atom. The van der Waals surface area contributed by atoms with E-state index in [9.17, 15) is 61.9 Å². The summed E-state index contributed by atoms with van der Waals surface area (Å²) in [5, 5.41) is 1.82. The smallest absolute Gasteiger partial charge is 0.435 e. The molecule has 17 heteroatoms. The van der Waals surface area contributed by atoms with Crippen molar-refractivity contribution in [3.05, 3.63) is 58.7 Å². The van der Waals surface area contributed by atoms with Crippen molar-refractivity contribution in [3.8, 4) is 0 Å². The zero-order chi connectivity index (χ0) is 29.5. The van der Waals surface area contributed by atoms with Crippen LogP contribution in [0, 0.1) is 0 Å². The summed E-state index contributed by atoms with van der Waals surface area (Å²) in [6.45, 7) is 0.734. The van der Waals surface area contributed by atoms with Gasteiger partial charge in [0.2, 0.25) is 0 Å². The summed E-state index contributed by atoms with van der Waals surface area (Å²) in [5.41, 5.74) is -12.5. The number of halogens is 10. The number of alkyl halides is 10. The minimum absolute atomic E-state index is 0.0381. The number of esters is 1. The fraction of sp³-hybridized carbons (Fsp3) is 0.333. The summed E-state index contributed by atoms with van der Waals surface area (Å²) in [5.74, 6) is -3.12. The molecule has 0 fully saturated rings. The first-order valence-corrected chi connectivity index (χ1v) is 11.8. The van der Waals surface area contributed by atoms with Crippen molar-refractivity contribution in [1.82, 2.24) is 0 Å². The summed E-state index contributed by atoms with van der Waals surface area (Å²) < 4.78 is 161. The molecule has 2 rings (SSSR count). The maximum Gasteiger partial charge on any atom is 0.435 e. The number of anilines is 1. The fourth-order valence-corrected chi connectivity index (χ4v) is 4.02. The van der Waals surface area contributed by atoms with Crippen molar-refractivity contribution in [2.75, 3.05) is 18.2 Å². The van der Waals surface area contributed by atoms with Gasteiger partial charge in [0.15, 0.2) is 9.84 Å². The highest BCUT2D eigenvalue weighted by molar-refractivity contribution is 7.90. The number of hydrogen-bond donors (Lipinski definition) is 1. The molecule has 0 aromatic heterocycles. The van der Waals surface area contributed by atoms with Crippen molar-refractivity contribution >= 4 is 27.4 Å². The molecule has 0 aliphatic rings. The van der Waals surface area contributed by atoms with E-state index >= 15 is 0 Å². The van der Waals surface area contributed by atoms with Crippen LogP contribution >= 0.6 is 0 Å². The third-order valence-corrected chi connectivity index (χ3v) is 6.03. The number of sulfone groups is 1. The highest BCUT2D eigenvalue weighted by Crippen LogP contribution is 2.53. The molecule has 38 heavy (non-hydrogen) atoms. The Kier molecular flexibility index (Phi) is 8.18. The van der Waals surface area contributed by atoms with E-state index in [2.05, 4.69) is 4.74 Å². The standard InChI is InChI=1S/C21H15F10NO5S/c1-3-37-17(34)13-8-10(18(22,20(26,27)28)21(29,30)31)5-7-14(13)32-16(33)12-6-4-11(19(23,24)25)9-15(12)38(2,35)36/h4-9H,3H2,1-2H3,(H,32,33). The van der Waals surface area contributed by atoms with Gasteiger partial charge in [-0.3, -0.25) is 4.79 Å². The number of ether oxygens (including phenoxy) is 1. The van der Waals surface area contributed by atoms with E-state index in [1.54, 1.807) is 0 Å². The Bertz CT molecular complexity index is 1330. The molecule has 6 nitrogen and oxygen atoms in total. The van der Waals surface area contributed by atoms with E-state index in [0.29, 0.717) is 18.4 Å². The molecule has 0 heterocycles. The van der Waals surface area contributed by atoms with Crippen molar-refractivity contribution in [3.63, 3.8) is 0 Å². The summed E-state index contributed by atoms with van der Waals surface area (Å²) in [7, 11) is -4.50. The first-order chi connectivity index (χ1) is 17.1. The molecule has 210 valence electrons. The maximum absolute atomic E-state index is 14.5. The molecule has 0 radical (unpaired) electrons. The lowest BCUT2D eigenvalue weighted by atomic mass is 9.92. The lowest BCUT2D eigenvalue weighted by Gasteiger charge is -2.30. The summed E-state index contributed by atoms with van der Waals surface area (Å²) >= 11 is 0. The first-order valence-electron chi connectivity index (χ1n) is 9.92. The predicted octanol–water partition coefficient (Wildman–Crippen LogP) is 5.83. The zero-order valence-electron chi connectivity index (χ0n) is 18.9. The Labute approximate surface area is 207 Å². The van der Waals surface area contributed by atoms with Crippen LogP contribution < -0.4 is 5.32 Å². The molecule has 0 unspecified atom stereocenters. The number of benzene rings is 2. The lowest BCUT2D eigenvalue weighted by Crippen LogP contribution is -2.50. The van der Waals surface area contributed by atoms with Gasteiger partial charge >= 0.3 is 30.2 Å². The third kappa shape index (κ3) is 6.02. The SMILES string of the molecule is CCOC(=O)c1cc(C(F)(C(F)(F)F)C(F)(F)F)ccc1NC(=O)c1ccc(C(F)(F)F)cc1S(C)(=O)=O. The van der Waals surface area contributed by atoms with E-state index in [4.69, 9.17) is 0 Å². The van der Waals surface area contributed by atoms with Crippen molar-refractivity contribution in [2.45, 2.75) is 36.0 Å². The molecule has 0 atom stereocenters. The first kappa shape index (κ1) is 30.9. The number of rotatable bonds is 6. The van der Waals surface area contributed by atoms with Gasteiger partial charge in [0.05, 0.1) is 33.9 Å². The topological polar surface area (TPSA) is 89.5 Å². The van der Waals surface area contributed by atoms with Gasteiger partial charge in [-0.2, -0.15) is 39.5 Å². The second-order valence-corrected chi connectivity index (χ2v) is 9.55. The number of hydrogen-bond acceptors (Lipinski definition) is 5. The van der Waals surface area contributed by atoms with Crippen LogP contribution in [0.2, 0.25) is 0 Å². The normalized spacial score (nSPS) is 13.3. The van der Waals surface area contributed by atoms with Crippen LogP contribution in [0.25, 0.3) is 0 Å². The monoisotopic (exact) mass is 583 g/mol. The molecule has 1 N–H and O–H groups in total. The van der Waals surface area contributed by atoms with Gasteiger partial charge in [-0.1, -0.05) is 6.07 Å². The van der Waals surface area contributed by atoms with Crippen LogP contribution in [-0.2, 0) is 26.4 Å². The van der Waals surface area contributed by atoms with Gasteiger partial charge in [-0.25, -0.2) is 17.6 Å². The third-order valence-electron chi connectivity index (χ3n) is 4.90. The lowest BCUT2D eigenvalue weighted by molar-refractivity contribution is -0.348. The van der Waals surface area contributed by atoms with Gasteiger partial charge in [0.1, 0.15) is 0 Å². The molecule has 2 aromatic rings. The average Bonchev–Trinajstić information content (AvgIpc) is 2.75. The maximum atomic E-state index is 14.5. The van der Waals surface area contributed by atoms with E-state index in [-0.39, 0.29) is 24.3 Å². The fourth-order valence-electron chi connectivity index (χ4n) is 3.12. The summed E-state index contributed by atoms with van der Waals surface area (Å²) in [4.78, 5) is 23.9. The van der Waals surface area contributed by atoms with Crippen LogP contribution in [0.5, 0.6) is 0 Å². The molecule has 0 aliphatic carbocycles. The quantitative estimate of drug-likeness (QED) is 0.342. The van der Waals surface area contributed by atoms with Gasteiger partial charge in [0.25, 0.3) is 5.91 Å². The van der Waals surface area contributed by atoms with Crippen LogP contribution in [0.3, 0.4) is 0 Å². The Morgan fingerprint density at radius 3 is 1.79 bits per heavy atom. The molecule has 0 bridgehead atoms. The van der Waals surface area contributed by atoms with Crippen molar-refractivity contribution < 1.29 is 66.6 Å². The molecule has 0 spiro atoms. The Balaban J connectivity index is 2.70. The predicted molar refractivity (Wildman–Crippen MR) is 110 cm³/mol. The van der Waals surface area contributed by atoms with Crippen LogP contribution in [0.4, 0.5) is 49.6 Å². The Hall–Kier alpha value is -3.37. The van der Waals surface area contributed by atoms with E-state index < -0.39 is 85.4 Å². The molecular weight excluding hydrogens is 568 g/mol. The number of carbonyl (C=O) groups is 2. The van der Waals surface area contributed by atoms with Crippen molar-refractivity contribution in [2.24, 2.45) is 0 Å². The van der Waals surface area contributed by atoms with Gasteiger partial charge in [-0.05, 0) is 37.3 Å². The highest BCUT2D eigenvalue weighted by Gasteiger charge is 2.73. The van der Waals surface area contributed by atoms with E-state index in [0.717, 1.165) is 0 Å². The number of amides is 1. The van der Waals surface area contributed by atoms with Crippen LogP contribution in [0.15, 0.2) is 41.3 Å². The molecular formula is C21H15F10NO5S. The molecule has 0 saturated carbocycles. The van der Waals surface area contributed by atoms with Gasteiger partial charge < -0.3 is 10.1 Å². The largest absolute Gasteiger partial charge is 0.462 e. The minimum atomic E-state index is -6.54. The zero-order valence-corrected chi connectivity index (χ0v) is 19.7. The van der Waals surface area contributed by atoms with Crippen molar-refractivity contribution in [1.29, 1.82) is 0 Å². The second kappa shape index (κ2) is 10.1. The summed E-state index contributed by atoms with van der Waals surface area (Å²) in [6.07, 6.45) is -17.6. The highest BCUT2D eigenvalue weighted by atomic mass is 32.2.